The summed E-state index contributed by atoms with van der Waals surface area (Å²) in [5.41, 5.74) is 0.722. The van der Waals surface area contributed by atoms with Crippen LogP contribution in [0.3, 0.4) is 0 Å². The van der Waals surface area contributed by atoms with Gasteiger partial charge in [-0.25, -0.2) is 4.79 Å². The van der Waals surface area contributed by atoms with Crippen LogP contribution in [0.5, 0.6) is 5.75 Å². The number of amides is 1. The fourth-order valence-electron chi connectivity index (χ4n) is 1.40. The van der Waals surface area contributed by atoms with Gasteiger partial charge in [0, 0.05) is 6.04 Å². The molecule has 1 saturated carbocycles. The lowest BCUT2D eigenvalue weighted by atomic mass is 10.2. The Kier molecular flexibility index (Phi) is 3.55. The molecule has 1 aromatic heterocycles. The lowest BCUT2D eigenvalue weighted by Gasteiger charge is -2.04. The van der Waals surface area contributed by atoms with Gasteiger partial charge in [0.05, 0.1) is 7.11 Å². The quantitative estimate of drug-likeness (QED) is 0.835. The maximum atomic E-state index is 11.9. The molecule has 19 heavy (non-hydrogen) atoms. The van der Waals surface area contributed by atoms with Crippen molar-refractivity contribution in [3.8, 4) is 5.75 Å². The average Bonchev–Trinajstić information content (AvgIpc) is 3.06. The molecule has 1 fully saturated rings. The van der Waals surface area contributed by atoms with Crippen molar-refractivity contribution in [3.05, 3.63) is 18.0 Å². The zero-order chi connectivity index (χ0) is 14.0. The summed E-state index contributed by atoms with van der Waals surface area (Å²) < 4.78 is 14.2. The lowest BCUT2D eigenvalue weighted by Crippen LogP contribution is -2.25. The molecule has 0 radical (unpaired) electrons. The number of carbonyl (C=O) groups is 2. The minimum atomic E-state index is -0.953. The Hall–Kier alpha value is -2.31. The summed E-state index contributed by atoms with van der Waals surface area (Å²) in [5.74, 6) is -0.700. The van der Waals surface area contributed by atoms with Crippen LogP contribution in [-0.4, -0.2) is 30.4 Å². The molecule has 7 nitrogen and oxygen atoms in total. The van der Waals surface area contributed by atoms with E-state index in [1.807, 2.05) is 0 Å². The SMILES string of the molecule is C=C(C)c1noc(C(=O)NC2CC2)c1OC(=O)OC. The molecule has 0 aromatic carbocycles. The smallest absolute Gasteiger partial charge is 0.437 e. The second-order valence-corrected chi connectivity index (χ2v) is 4.27. The van der Waals surface area contributed by atoms with Crippen LogP contribution in [0, 0.1) is 0 Å². The first-order valence-electron chi connectivity index (χ1n) is 5.75. The zero-order valence-corrected chi connectivity index (χ0v) is 10.7. The molecule has 0 unspecified atom stereocenters. The van der Waals surface area contributed by atoms with Gasteiger partial charge in [-0.05, 0) is 25.3 Å². The molecule has 1 amide bonds. The van der Waals surface area contributed by atoms with E-state index < -0.39 is 12.1 Å². The molecule has 102 valence electrons. The normalized spacial score (nSPS) is 13.8. The van der Waals surface area contributed by atoms with Gasteiger partial charge in [0.25, 0.3) is 11.7 Å². The van der Waals surface area contributed by atoms with Gasteiger partial charge >= 0.3 is 6.16 Å². The molecule has 1 aromatic rings. The minimum Gasteiger partial charge on any atom is -0.437 e. The third-order valence-corrected chi connectivity index (χ3v) is 2.52. The number of aromatic nitrogens is 1. The molecule has 1 heterocycles. The van der Waals surface area contributed by atoms with E-state index in [1.54, 1.807) is 6.92 Å². The molecular formula is C12H14N2O5. The van der Waals surface area contributed by atoms with Crippen LogP contribution in [0.4, 0.5) is 4.79 Å². The lowest BCUT2D eigenvalue weighted by molar-refractivity contribution is 0.0905. The first kappa shape index (κ1) is 13.1. The van der Waals surface area contributed by atoms with E-state index in [0.29, 0.717) is 5.57 Å². The van der Waals surface area contributed by atoms with Crippen LogP contribution < -0.4 is 10.1 Å². The van der Waals surface area contributed by atoms with Crippen LogP contribution in [0.15, 0.2) is 11.1 Å². The molecule has 2 rings (SSSR count). The second kappa shape index (κ2) is 5.13. The van der Waals surface area contributed by atoms with Crippen LogP contribution >= 0.6 is 0 Å². The summed E-state index contributed by atoms with van der Waals surface area (Å²) in [6.45, 7) is 5.34. The standard InChI is InChI=1S/C12H14N2O5/c1-6(2)8-9(18-12(16)17-3)10(19-14-8)11(15)13-7-4-5-7/h7H,1,4-5H2,2-3H3,(H,13,15). The number of methoxy groups -OCH3 is 1. The van der Waals surface area contributed by atoms with Gasteiger partial charge in [0.1, 0.15) is 0 Å². The number of rotatable bonds is 4. The molecule has 0 aliphatic heterocycles. The number of hydrogen-bond donors (Lipinski definition) is 1. The third-order valence-electron chi connectivity index (χ3n) is 2.52. The maximum absolute atomic E-state index is 11.9. The molecule has 0 bridgehead atoms. The largest absolute Gasteiger partial charge is 0.513 e. The van der Waals surface area contributed by atoms with Crippen LogP contribution in [0.2, 0.25) is 0 Å². The third kappa shape index (κ3) is 2.93. The van der Waals surface area contributed by atoms with Crippen LogP contribution in [0.25, 0.3) is 5.57 Å². The Morgan fingerprint density at radius 1 is 1.47 bits per heavy atom. The second-order valence-electron chi connectivity index (χ2n) is 4.27. The Labute approximate surface area is 109 Å². The van der Waals surface area contributed by atoms with E-state index in [4.69, 9.17) is 9.26 Å². The van der Waals surface area contributed by atoms with Crippen LogP contribution in [0.1, 0.15) is 36.0 Å². The van der Waals surface area contributed by atoms with Crippen molar-refractivity contribution in [1.82, 2.24) is 10.5 Å². The molecular weight excluding hydrogens is 252 g/mol. The van der Waals surface area contributed by atoms with Crippen molar-refractivity contribution < 1.29 is 23.6 Å². The minimum absolute atomic E-state index is 0.0718. The number of hydrogen-bond acceptors (Lipinski definition) is 6. The summed E-state index contributed by atoms with van der Waals surface area (Å²) in [4.78, 5) is 23.1. The first-order chi connectivity index (χ1) is 9.02. The van der Waals surface area contributed by atoms with Crippen molar-refractivity contribution in [2.45, 2.75) is 25.8 Å². The first-order valence-corrected chi connectivity index (χ1v) is 5.75. The molecule has 0 saturated heterocycles. The highest BCUT2D eigenvalue weighted by atomic mass is 16.7. The number of allylic oxidation sites excluding steroid dienone is 1. The number of carbonyl (C=O) groups excluding carboxylic acids is 2. The monoisotopic (exact) mass is 266 g/mol. The summed E-state index contributed by atoms with van der Waals surface area (Å²) in [5, 5.41) is 6.40. The predicted molar refractivity (Wildman–Crippen MR) is 64.7 cm³/mol. The number of nitrogens with one attached hydrogen (secondary N) is 1. The Balaban J connectivity index is 2.27. The molecule has 1 N–H and O–H groups in total. The topological polar surface area (TPSA) is 90.7 Å². The molecule has 0 spiro atoms. The van der Waals surface area contributed by atoms with E-state index in [9.17, 15) is 9.59 Å². The zero-order valence-electron chi connectivity index (χ0n) is 10.7. The summed E-state index contributed by atoms with van der Waals surface area (Å²) in [6, 6.07) is 0.150. The Morgan fingerprint density at radius 2 is 2.16 bits per heavy atom. The van der Waals surface area contributed by atoms with Crippen molar-refractivity contribution in [1.29, 1.82) is 0 Å². The number of ether oxygens (including phenoxy) is 2. The van der Waals surface area contributed by atoms with E-state index in [-0.39, 0.29) is 23.2 Å². The van der Waals surface area contributed by atoms with Gasteiger partial charge in [-0.2, -0.15) is 0 Å². The van der Waals surface area contributed by atoms with E-state index in [2.05, 4.69) is 21.8 Å². The highest BCUT2D eigenvalue weighted by Gasteiger charge is 2.31. The van der Waals surface area contributed by atoms with Crippen molar-refractivity contribution >= 4 is 17.6 Å². The summed E-state index contributed by atoms with van der Waals surface area (Å²) in [7, 11) is 1.17. The molecule has 7 heteroatoms. The van der Waals surface area contributed by atoms with E-state index in [1.165, 1.54) is 7.11 Å². The van der Waals surface area contributed by atoms with Gasteiger partial charge < -0.3 is 19.3 Å². The Morgan fingerprint density at radius 3 is 2.68 bits per heavy atom. The molecule has 1 aliphatic carbocycles. The fourth-order valence-corrected chi connectivity index (χ4v) is 1.40. The average molecular weight is 266 g/mol. The molecule has 0 atom stereocenters. The summed E-state index contributed by atoms with van der Waals surface area (Å²) in [6.07, 6.45) is 0.909. The van der Waals surface area contributed by atoms with Crippen molar-refractivity contribution in [3.63, 3.8) is 0 Å². The maximum Gasteiger partial charge on any atom is 0.513 e. The van der Waals surface area contributed by atoms with E-state index in [0.717, 1.165) is 12.8 Å². The van der Waals surface area contributed by atoms with Crippen molar-refractivity contribution in [2.75, 3.05) is 7.11 Å². The van der Waals surface area contributed by atoms with Gasteiger partial charge in [-0.1, -0.05) is 11.7 Å². The van der Waals surface area contributed by atoms with Gasteiger partial charge in [-0.15, -0.1) is 0 Å². The highest BCUT2D eigenvalue weighted by Crippen LogP contribution is 2.30. The van der Waals surface area contributed by atoms with E-state index >= 15 is 0 Å². The molecule has 1 aliphatic rings. The number of nitrogens with zero attached hydrogens (tertiary/aromatic N) is 1. The van der Waals surface area contributed by atoms with Gasteiger partial charge in [0.2, 0.25) is 5.75 Å². The summed E-state index contributed by atoms with van der Waals surface area (Å²) >= 11 is 0. The van der Waals surface area contributed by atoms with Gasteiger partial charge in [0.15, 0.2) is 5.69 Å². The fraction of sp³-hybridized carbons (Fsp3) is 0.417. The highest BCUT2D eigenvalue weighted by molar-refractivity contribution is 5.96. The van der Waals surface area contributed by atoms with Gasteiger partial charge in [-0.3, -0.25) is 4.79 Å². The predicted octanol–water partition coefficient (Wildman–Crippen LogP) is 1.75. The van der Waals surface area contributed by atoms with Crippen molar-refractivity contribution in [2.24, 2.45) is 0 Å². The van der Waals surface area contributed by atoms with Crippen LogP contribution in [-0.2, 0) is 4.74 Å². The Bertz CT molecular complexity index is 530.